The zero-order valence-corrected chi connectivity index (χ0v) is 12.7. The van der Waals surface area contributed by atoms with Gasteiger partial charge >= 0.3 is 0 Å². The summed E-state index contributed by atoms with van der Waals surface area (Å²) in [5.41, 5.74) is 5.74. The average molecular weight is 279 g/mol. The first-order valence-electron chi connectivity index (χ1n) is 6.46. The van der Waals surface area contributed by atoms with Crippen LogP contribution in [-0.2, 0) is 9.53 Å². The summed E-state index contributed by atoms with van der Waals surface area (Å²) in [5, 5.41) is 3.04. The summed E-state index contributed by atoms with van der Waals surface area (Å²) in [5.74, 6) is 0.469. The summed E-state index contributed by atoms with van der Waals surface area (Å²) in [7, 11) is 0. The number of ether oxygens (including phenoxy) is 1. The Labute approximate surface area is 116 Å². The van der Waals surface area contributed by atoms with E-state index >= 15 is 0 Å². The van der Waals surface area contributed by atoms with Crippen LogP contribution in [-0.4, -0.2) is 31.2 Å². The number of hydrogen-bond acceptors (Lipinski definition) is 3. The second-order valence-corrected chi connectivity index (χ2v) is 6.09. The fourth-order valence-electron chi connectivity index (χ4n) is 2.04. The molecule has 0 aromatic heterocycles. The minimum atomic E-state index is -0.454. The van der Waals surface area contributed by atoms with E-state index < -0.39 is 6.04 Å². The fraction of sp³-hybridized carbons (Fsp3) is 0.923. The lowest BCUT2D eigenvalue weighted by molar-refractivity contribution is -0.125. The molecular weight excluding hydrogens is 252 g/mol. The van der Waals surface area contributed by atoms with Gasteiger partial charge in [-0.15, -0.1) is 12.4 Å². The van der Waals surface area contributed by atoms with Crippen molar-refractivity contribution in [2.45, 2.75) is 52.6 Å². The maximum absolute atomic E-state index is 12.0. The molecule has 0 aliphatic carbocycles. The van der Waals surface area contributed by atoms with Gasteiger partial charge in [0.25, 0.3) is 0 Å². The van der Waals surface area contributed by atoms with Crippen LogP contribution < -0.4 is 11.1 Å². The predicted octanol–water partition coefficient (Wildman–Crippen LogP) is 1.71. The number of rotatable bonds is 3. The Morgan fingerprint density at radius 3 is 2.28 bits per heavy atom. The van der Waals surface area contributed by atoms with E-state index in [0.717, 1.165) is 26.1 Å². The van der Waals surface area contributed by atoms with Crippen molar-refractivity contribution in [2.75, 3.05) is 13.2 Å². The van der Waals surface area contributed by atoms with E-state index in [1.54, 1.807) is 0 Å². The Kier molecular flexibility index (Phi) is 7.18. The lowest BCUT2D eigenvalue weighted by atomic mass is 9.86. The summed E-state index contributed by atoms with van der Waals surface area (Å²) in [4.78, 5) is 12.0. The molecule has 1 fully saturated rings. The van der Waals surface area contributed by atoms with E-state index in [2.05, 4.69) is 12.2 Å². The molecule has 0 aromatic rings. The van der Waals surface area contributed by atoms with Gasteiger partial charge in [-0.2, -0.15) is 0 Å². The predicted molar refractivity (Wildman–Crippen MR) is 75.8 cm³/mol. The van der Waals surface area contributed by atoms with Crippen LogP contribution in [0.5, 0.6) is 0 Å². The van der Waals surface area contributed by atoms with E-state index in [4.69, 9.17) is 10.5 Å². The molecule has 0 bridgehead atoms. The molecule has 3 N–H and O–H groups in total. The van der Waals surface area contributed by atoms with Crippen molar-refractivity contribution in [3.05, 3.63) is 0 Å². The molecule has 0 radical (unpaired) electrons. The summed E-state index contributed by atoms with van der Waals surface area (Å²) in [6.07, 6.45) is 2.04. The number of hydrogen-bond donors (Lipinski definition) is 2. The molecule has 0 saturated carbocycles. The number of nitrogens with one attached hydrogen (secondary N) is 1. The van der Waals surface area contributed by atoms with Gasteiger partial charge in [-0.1, -0.05) is 20.8 Å². The largest absolute Gasteiger partial charge is 0.381 e. The van der Waals surface area contributed by atoms with Gasteiger partial charge in [0, 0.05) is 19.3 Å². The van der Waals surface area contributed by atoms with Crippen LogP contribution in [0.3, 0.4) is 0 Å². The highest BCUT2D eigenvalue weighted by Crippen LogP contribution is 2.20. The molecule has 2 atom stereocenters. The quantitative estimate of drug-likeness (QED) is 0.826. The van der Waals surface area contributed by atoms with Gasteiger partial charge in [0.05, 0.1) is 6.04 Å². The molecule has 1 rings (SSSR count). The molecule has 0 aromatic carbocycles. The topological polar surface area (TPSA) is 64.4 Å². The van der Waals surface area contributed by atoms with Gasteiger partial charge in [-0.25, -0.2) is 0 Å². The van der Waals surface area contributed by atoms with Gasteiger partial charge in [-0.3, -0.25) is 4.79 Å². The summed E-state index contributed by atoms with van der Waals surface area (Å²) >= 11 is 0. The molecule has 1 amide bonds. The molecule has 1 aliphatic heterocycles. The lowest BCUT2D eigenvalue weighted by Gasteiger charge is -2.31. The Morgan fingerprint density at radius 1 is 1.33 bits per heavy atom. The van der Waals surface area contributed by atoms with Crippen LogP contribution in [0.15, 0.2) is 0 Å². The Morgan fingerprint density at radius 2 is 1.83 bits per heavy atom. The van der Waals surface area contributed by atoms with Crippen molar-refractivity contribution < 1.29 is 9.53 Å². The highest BCUT2D eigenvalue weighted by atomic mass is 35.5. The van der Waals surface area contributed by atoms with Gasteiger partial charge in [0.2, 0.25) is 5.91 Å². The molecule has 1 aliphatic rings. The van der Waals surface area contributed by atoms with Crippen LogP contribution in [0.25, 0.3) is 0 Å². The maximum Gasteiger partial charge on any atom is 0.237 e. The van der Waals surface area contributed by atoms with Crippen LogP contribution >= 0.6 is 12.4 Å². The molecule has 108 valence electrons. The molecule has 1 heterocycles. The van der Waals surface area contributed by atoms with E-state index in [1.165, 1.54) is 0 Å². The van der Waals surface area contributed by atoms with Crippen molar-refractivity contribution in [1.82, 2.24) is 5.32 Å². The summed E-state index contributed by atoms with van der Waals surface area (Å²) in [6, 6.07) is -0.274. The zero-order chi connectivity index (χ0) is 13.1. The van der Waals surface area contributed by atoms with Gasteiger partial charge in [0.1, 0.15) is 0 Å². The first kappa shape index (κ1) is 17.7. The Balaban J connectivity index is 0.00000289. The van der Waals surface area contributed by atoms with Gasteiger partial charge in [-0.05, 0) is 31.1 Å². The molecule has 18 heavy (non-hydrogen) atoms. The van der Waals surface area contributed by atoms with E-state index in [0.29, 0.717) is 5.92 Å². The van der Waals surface area contributed by atoms with Crippen LogP contribution in [0, 0.1) is 11.3 Å². The average Bonchev–Trinajstić information content (AvgIpc) is 2.27. The SMILES string of the molecule is CC(NC(=O)[C@@H](N)C(C)(C)C)C1CCOCC1.Cl. The third-order valence-corrected chi connectivity index (χ3v) is 3.56. The van der Waals surface area contributed by atoms with Gasteiger partial charge in [0.15, 0.2) is 0 Å². The van der Waals surface area contributed by atoms with E-state index in [-0.39, 0.29) is 29.8 Å². The highest BCUT2D eigenvalue weighted by molar-refractivity contribution is 5.85. The van der Waals surface area contributed by atoms with Crippen LogP contribution in [0.4, 0.5) is 0 Å². The van der Waals surface area contributed by atoms with Crippen molar-refractivity contribution in [3.63, 3.8) is 0 Å². The van der Waals surface area contributed by atoms with Crippen LogP contribution in [0.2, 0.25) is 0 Å². The number of halogens is 1. The smallest absolute Gasteiger partial charge is 0.237 e. The van der Waals surface area contributed by atoms with Crippen molar-refractivity contribution in [3.8, 4) is 0 Å². The van der Waals surface area contributed by atoms with E-state index in [9.17, 15) is 4.79 Å². The normalized spacial score (nSPS) is 20.7. The number of amides is 1. The van der Waals surface area contributed by atoms with Crippen molar-refractivity contribution in [2.24, 2.45) is 17.1 Å². The number of nitrogens with two attached hydrogens (primary N) is 1. The summed E-state index contributed by atoms with van der Waals surface area (Å²) in [6.45, 7) is 9.61. The fourth-order valence-corrected chi connectivity index (χ4v) is 2.04. The van der Waals surface area contributed by atoms with Crippen molar-refractivity contribution in [1.29, 1.82) is 0 Å². The third kappa shape index (κ3) is 5.12. The molecule has 1 unspecified atom stereocenters. The maximum atomic E-state index is 12.0. The molecular formula is C13H27ClN2O2. The molecule has 5 heteroatoms. The van der Waals surface area contributed by atoms with Crippen molar-refractivity contribution >= 4 is 18.3 Å². The first-order chi connectivity index (χ1) is 7.82. The Bertz CT molecular complexity index is 260. The minimum Gasteiger partial charge on any atom is -0.381 e. The first-order valence-corrected chi connectivity index (χ1v) is 6.46. The third-order valence-electron chi connectivity index (χ3n) is 3.56. The number of carbonyl (C=O) groups is 1. The van der Waals surface area contributed by atoms with E-state index in [1.807, 2.05) is 20.8 Å². The monoisotopic (exact) mass is 278 g/mol. The van der Waals surface area contributed by atoms with Crippen LogP contribution in [0.1, 0.15) is 40.5 Å². The van der Waals surface area contributed by atoms with Gasteiger partial charge < -0.3 is 15.8 Å². The molecule has 0 spiro atoms. The second-order valence-electron chi connectivity index (χ2n) is 6.09. The lowest BCUT2D eigenvalue weighted by Crippen LogP contribution is -2.52. The standard InChI is InChI=1S/C13H26N2O2.ClH/c1-9(10-5-7-17-8-6-10)15-12(16)11(14)13(2,3)4;/h9-11H,5-8,14H2,1-4H3,(H,15,16);1H/t9?,11-;/m1./s1. The minimum absolute atomic E-state index is 0. The highest BCUT2D eigenvalue weighted by Gasteiger charge is 2.30. The molecule has 1 saturated heterocycles. The Hall–Kier alpha value is -0.320. The zero-order valence-electron chi connectivity index (χ0n) is 11.9. The second kappa shape index (κ2) is 7.31. The molecule has 4 nitrogen and oxygen atoms in total. The summed E-state index contributed by atoms with van der Waals surface area (Å²) < 4.78 is 5.32. The number of carbonyl (C=O) groups excluding carboxylic acids is 1.